The Morgan fingerprint density at radius 3 is 2.71 bits per heavy atom. The molecule has 0 amide bonds. The summed E-state index contributed by atoms with van der Waals surface area (Å²) in [6, 6.07) is 10.3. The fraction of sp³-hybridized carbons (Fsp3) is 0.467. The highest BCUT2D eigenvalue weighted by atomic mass is 16.5. The van der Waals surface area contributed by atoms with Gasteiger partial charge in [0.25, 0.3) is 0 Å². The molecule has 0 aliphatic heterocycles. The summed E-state index contributed by atoms with van der Waals surface area (Å²) >= 11 is 0. The van der Waals surface area contributed by atoms with Crippen molar-refractivity contribution < 1.29 is 4.74 Å². The SMILES string of the molecule is C#CCC(CCCCNc1ccccc1)OC. The zero-order valence-electron chi connectivity index (χ0n) is 10.5. The molecule has 2 heteroatoms. The zero-order chi connectivity index (χ0) is 12.3. The molecule has 1 N–H and O–H groups in total. The van der Waals surface area contributed by atoms with Gasteiger partial charge in [-0.15, -0.1) is 12.3 Å². The lowest BCUT2D eigenvalue weighted by Gasteiger charge is -2.12. The predicted molar refractivity (Wildman–Crippen MR) is 73.0 cm³/mol. The van der Waals surface area contributed by atoms with Gasteiger partial charge in [0.1, 0.15) is 0 Å². The van der Waals surface area contributed by atoms with Crippen LogP contribution in [0.25, 0.3) is 0 Å². The number of benzene rings is 1. The molecule has 2 nitrogen and oxygen atoms in total. The largest absolute Gasteiger partial charge is 0.385 e. The van der Waals surface area contributed by atoms with Crippen molar-refractivity contribution in [2.75, 3.05) is 19.0 Å². The van der Waals surface area contributed by atoms with Crippen LogP contribution in [-0.2, 0) is 4.74 Å². The van der Waals surface area contributed by atoms with Gasteiger partial charge >= 0.3 is 0 Å². The molecule has 1 rings (SSSR count). The van der Waals surface area contributed by atoms with E-state index in [0.717, 1.165) is 25.8 Å². The van der Waals surface area contributed by atoms with E-state index in [9.17, 15) is 0 Å². The standard InChI is InChI=1S/C15H21NO/c1-3-9-15(17-2)12-7-8-13-16-14-10-5-4-6-11-14/h1,4-6,10-11,15-16H,7-9,12-13H2,2H3. The van der Waals surface area contributed by atoms with Gasteiger partial charge in [-0.25, -0.2) is 0 Å². The molecule has 0 saturated heterocycles. The van der Waals surface area contributed by atoms with E-state index in [1.165, 1.54) is 5.69 Å². The maximum absolute atomic E-state index is 5.29. The number of terminal acetylenes is 1. The summed E-state index contributed by atoms with van der Waals surface area (Å²) in [5.74, 6) is 2.64. The Bertz CT molecular complexity index is 329. The van der Waals surface area contributed by atoms with Crippen LogP contribution in [0.2, 0.25) is 0 Å². The molecule has 17 heavy (non-hydrogen) atoms. The average molecular weight is 231 g/mol. The quantitative estimate of drug-likeness (QED) is 0.547. The Morgan fingerprint density at radius 2 is 2.06 bits per heavy atom. The molecule has 0 heterocycles. The van der Waals surface area contributed by atoms with Crippen LogP contribution in [0.4, 0.5) is 5.69 Å². The summed E-state index contributed by atoms with van der Waals surface area (Å²) < 4.78 is 5.29. The first-order chi connectivity index (χ1) is 8.36. The smallest absolute Gasteiger partial charge is 0.0680 e. The van der Waals surface area contributed by atoms with Crippen LogP contribution < -0.4 is 5.32 Å². The van der Waals surface area contributed by atoms with Gasteiger partial charge in [0, 0.05) is 25.8 Å². The van der Waals surface area contributed by atoms with Gasteiger partial charge in [-0.1, -0.05) is 18.2 Å². The molecular weight excluding hydrogens is 210 g/mol. The first kappa shape index (κ1) is 13.6. The van der Waals surface area contributed by atoms with E-state index >= 15 is 0 Å². The van der Waals surface area contributed by atoms with Crippen LogP contribution in [0, 0.1) is 12.3 Å². The van der Waals surface area contributed by atoms with E-state index in [2.05, 4.69) is 23.4 Å². The molecule has 0 aromatic heterocycles. The van der Waals surface area contributed by atoms with Crippen LogP contribution in [0.5, 0.6) is 0 Å². The number of ether oxygens (including phenoxy) is 1. The third-order valence-corrected chi connectivity index (χ3v) is 2.73. The van der Waals surface area contributed by atoms with Crippen molar-refractivity contribution in [3.63, 3.8) is 0 Å². The maximum atomic E-state index is 5.29. The van der Waals surface area contributed by atoms with Crippen molar-refractivity contribution in [3.8, 4) is 12.3 Å². The summed E-state index contributed by atoms with van der Waals surface area (Å²) in [4.78, 5) is 0. The number of para-hydroxylation sites is 1. The third kappa shape index (κ3) is 5.99. The second kappa shape index (κ2) is 8.66. The fourth-order valence-electron chi connectivity index (χ4n) is 1.72. The van der Waals surface area contributed by atoms with Crippen molar-refractivity contribution in [1.82, 2.24) is 0 Å². The van der Waals surface area contributed by atoms with E-state index < -0.39 is 0 Å². The number of anilines is 1. The van der Waals surface area contributed by atoms with E-state index in [1.54, 1.807) is 7.11 Å². The lowest BCUT2D eigenvalue weighted by molar-refractivity contribution is 0.0974. The molecule has 0 fully saturated rings. The van der Waals surface area contributed by atoms with Gasteiger partial charge in [0.05, 0.1) is 6.10 Å². The normalized spacial score (nSPS) is 11.8. The van der Waals surface area contributed by atoms with Crippen LogP contribution in [0.1, 0.15) is 25.7 Å². The first-order valence-electron chi connectivity index (χ1n) is 6.12. The maximum Gasteiger partial charge on any atom is 0.0680 e. The van der Waals surface area contributed by atoms with Crippen LogP contribution in [0.15, 0.2) is 30.3 Å². The third-order valence-electron chi connectivity index (χ3n) is 2.73. The lowest BCUT2D eigenvalue weighted by Crippen LogP contribution is -2.10. The molecule has 0 aliphatic rings. The number of hydrogen-bond donors (Lipinski definition) is 1. The molecule has 92 valence electrons. The van der Waals surface area contributed by atoms with Gasteiger partial charge in [0.15, 0.2) is 0 Å². The molecule has 1 unspecified atom stereocenters. The molecule has 0 radical (unpaired) electrons. The van der Waals surface area contributed by atoms with Gasteiger partial charge in [-0.05, 0) is 31.4 Å². The molecule has 1 aromatic carbocycles. The average Bonchev–Trinajstić information content (AvgIpc) is 2.38. The van der Waals surface area contributed by atoms with Gasteiger partial charge in [0.2, 0.25) is 0 Å². The number of nitrogens with one attached hydrogen (secondary N) is 1. The zero-order valence-corrected chi connectivity index (χ0v) is 10.5. The summed E-state index contributed by atoms with van der Waals surface area (Å²) in [5.41, 5.74) is 1.18. The number of hydrogen-bond acceptors (Lipinski definition) is 2. The lowest BCUT2D eigenvalue weighted by atomic mass is 10.1. The highest BCUT2D eigenvalue weighted by Gasteiger charge is 2.04. The Morgan fingerprint density at radius 1 is 1.29 bits per heavy atom. The van der Waals surface area contributed by atoms with Crippen molar-refractivity contribution in [2.45, 2.75) is 31.8 Å². The number of unbranched alkanes of at least 4 members (excludes halogenated alkanes) is 1. The highest BCUT2D eigenvalue weighted by molar-refractivity contribution is 5.42. The van der Waals surface area contributed by atoms with Crippen LogP contribution in [0.3, 0.4) is 0 Å². The highest BCUT2D eigenvalue weighted by Crippen LogP contribution is 2.09. The first-order valence-corrected chi connectivity index (χ1v) is 6.12. The van der Waals surface area contributed by atoms with Gasteiger partial charge < -0.3 is 10.1 Å². The Kier molecular flexibility index (Phi) is 6.93. The summed E-state index contributed by atoms with van der Waals surface area (Å²) in [6.07, 6.45) is 9.52. The molecule has 1 aromatic rings. The molecule has 0 aliphatic carbocycles. The van der Waals surface area contributed by atoms with E-state index in [-0.39, 0.29) is 6.10 Å². The summed E-state index contributed by atoms with van der Waals surface area (Å²) in [7, 11) is 1.73. The second-order valence-corrected chi connectivity index (χ2v) is 4.05. The predicted octanol–water partition coefficient (Wildman–Crippen LogP) is 3.31. The minimum Gasteiger partial charge on any atom is -0.385 e. The minimum atomic E-state index is 0.219. The summed E-state index contributed by atoms with van der Waals surface area (Å²) in [5, 5.41) is 3.39. The number of rotatable bonds is 8. The topological polar surface area (TPSA) is 21.3 Å². The second-order valence-electron chi connectivity index (χ2n) is 4.05. The minimum absolute atomic E-state index is 0.219. The van der Waals surface area contributed by atoms with Crippen molar-refractivity contribution in [3.05, 3.63) is 30.3 Å². The van der Waals surface area contributed by atoms with E-state index in [4.69, 9.17) is 11.2 Å². The number of methoxy groups -OCH3 is 1. The molecule has 0 saturated carbocycles. The molecule has 0 spiro atoms. The Labute approximate surface area is 104 Å². The fourth-order valence-corrected chi connectivity index (χ4v) is 1.72. The molecule has 1 atom stereocenters. The van der Waals surface area contributed by atoms with Crippen LogP contribution in [-0.4, -0.2) is 19.8 Å². The Hall–Kier alpha value is -1.46. The summed E-state index contributed by atoms with van der Waals surface area (Å²) in [6.45, 7) is 0.997. The van der Waals surface area contributed by atoms with Gasteiger partial charge in [-0.2, -0.15) is 0 Å². The monoisotopic (exact) mass is 231 g/mol. The van der Waals surface area contributed by atoms with Crippen molar-refractivity contribution >= 4 is 5.69 Å². The Balaban J connectivity index is 2.07. The molecular formula is C15H21NO. The van der Waals surface area contributed by atoms with Crippen molar-refractivity contribution in [1.29, 1.82) is 0 Å². The van der Waals surface area contributed by atoms with Crippen molar-refractivity contribution in [2.24, 2.45) is 0 Å². The van der Waals surface area contributed by atoms with Crippen LogP contribution >= 0.6 is 0 Å². The van der Waals surface area contributed by atoms with E-state index in [1.807, 2.05) is 18.2 Å². The van der Waals surface area contributed by atoms with E-state index in [0.29, 0.717) is 6.42 Å². The molecule has 0 bridgehead atoms. The van der Waals surface area contributed by atoms with Gasteiger partial charge in [-0.3, -0.25) is 0 Å².